The Balaban J connectivity index is 1.46. The van der Waals surface area contributed by atoms with Crippen LogP contribution < -0.4 is 21.5 Å². The van der Waals surface area contributed by atoms with Crippen molar-refractivity contribution in [3.8, 4) is 5.69 Å². The number of aromatic nitrogens is 4. The summed E-state index contributed by atoms with van der Waals surface area (Å²) >= 11 is 0. The van der Waals surface area contributed by atoms with Gasteiger partial charge in [-0.2, -0.15) is 0 Å². The molecule has 0 aliphatic carbocycles. The van der Waals surface area contributed by atoms with Gasteiger partial charge in [0, 0.05) is 43.6 Å². The van der Waals surface area contributed by atoms with Crippen LogP contribution in [0, 0.1) is 6.92 Å². The third-order valence-electron chi connectivity index (χ3n) is 5.97. The second-order valence-corrected chi connectivity index (χ2v) is 8.35. The molecule has 0 amide bonds. The van der Waals surface area contributed by atoms with Crippen molar-refractivity contribution in [1.82, 2.24) is 24.4 Å². The van der Waals surface area contributed by atoms with Crippen molar-refractivity contribution in [3.63, 3.8) is 0 Å². The number of piperazine rings is 1. The van der Waals surface area contributed by atoms with Crippen molar-refractivity contribution in [1.29, 1.82) is 0 Å². The van der Waals surface area contributed by atoms with Gasteiger partial charge in [-0.05, 0) is 49.9 Å². The van der Waals surface area contributed by atoms with E-state index in [9.17, 15) is 4.79 Å². The molecule has 1 fully saturated rings. The fourth-order valence-corrected chi connectivity index (χ4v) is 4.10. The number of hydrogen-bond acceptors (Lipinski definition) is 8. The van der Waals surface area contributed by atoms with E-state index < -0.39 is 0 Å². The third-order valence-corrected chi connectivity index (χ3v) is 5.97. The molecule has 3 N–H and O–H groups in total. The Morgan fingerprint density at radius 3 is 2.33 bits per heavy atom. The number of hydrogen-bond donors (Lipinski definition) is 2. The highest BCUT2D eigenvalue weighted by Crippen LogP contribution is 2.25. The van der Waals surface area contributed by atoms with Crippen LogP contribution in [-0.2, 0) is 0 Å². The fourth-order valence-electron chi connectivity index (χ4n) is 4.10. The Hall–Kier alpha value is -3.98. The van der Waals surface area contributed by atoms with Crippen molar-refractivity contribution in [2.75, 3.05) is 49.2 Å². The maximum Gasteiger partial charge on any atom is 0.274 e. The molecule has 5 rings (SSSR count). The summed E-state index contributed by atoms with van der Waals surface area (Å²) in [4.78, 5) is 30.7. The highest BCUT2D eigenvalue weighted by molar-refractivity contribution is 5.79. The summed E-state index contributed by atoms with van der Waals surface area (Å²) in [5.41, 5.74) is 10.5. The van der Waals surface area contributed by atoms with Gasteiger partial charge in [0.05, 0.1) is 29.8 Å². The number of benzene rings is 1. The minimum atomic E-state index is -0.227. The number of nitrogen functional groups attached to an aromatic ring is 1. The molecule has 9 nitrogen and oxygen atoms in total. The maximum atomic E-state index is 12.6. The summed E-state index contributed by atoms with van der Waals surface area (Å²) in [7, 11) is 2.15. The zero-order valence-electron chi connectivity index (χ0n) is 18.7. The largest absolute Gasteiger partial charge is 0.399 e. The van der Waals surface area contributed by atoms with Crippen LogP contribution in [0.3, 0.4) is 0 Å². The van der Waals surface area contributed by atoms with Gasteiger partial charge in [-0.1, -0.05) is 0 Å². The standard InChI is InChI=1S/C24H26N8O/c1-16-11-22(28-14-21(16)31-9-7-30(2)8-10-31)29-23-12-20-19(13-27-23)26-15-24(33)32(20)18-5-3-17(25)4-6-18/h3-6,11-15H,7-10,25H2,1-2H3,(H,27,28,29). The predicted octanol–water partition coefficient (Wildman–Crippen LogP) is 2.56. The molecular weight excluding hydrogens is 416 g/mol. The molecule has 0 unspecified atom stereocenters. The average Bonchev–Trinajstić information content (AvgIpc) is 2.81. The number of nitrogens with one attached hydrogen (secondary N) is 1. The number of aryl methyl sites for hydroxylation is 1. The molecule has 168 valence electrons. The van der Waals surface area contributed by atoms with E-state index in [1.165, 1.54) is 6.20 Å². The van der Waals surface area contributed by atoms with Crippen LogP contribution >= 0.6 is 0 Å². The van der Waals surface area contributed by atoms with E-state index in [1.54, 1.807) is 22.9 Å². The Bertz CT molecular complexity index is 1360. The smallest absolute Gasteiger partial charge is 0.274 e. The summed E-state index contributed by atoms with van der Waals surface area (Å²) in [6.45, 7) is 6.17. The predicted molar refractivity (Wildman–Crippen MR) is 132 cm³/mol. The monoisotopic (exact) mass is 442 g/mol. The van der Waals surface area contributed by atoms with Gasteiger partial charge >= 0.3 is 0 Å². The maximum absolute atomic E-state index is 12.6. The van der Waals surface area contributed by atoms with Crippen LogP contribution in [0.1, 0.15) is 5.56 Å². The van der Waals surface area contributed by atoms with Gasteiger partial charge in [0.2, 0.25) is 0 Å². The first-order valence-corrected chi connectivity index (χ1v) is 10.9. The SMILES string of the molecule is Cc1cc(Nc2cc3c(cn2)ncc(=O)n3-c2ccc(N)cc2)ncc1N1CCN(C)CC1. The lowest BCUT2D eigenvalue weighted by molar-refractivity contribution is 0.312. The average molecular weight is 443 g/mol. The Kier molecular flexibility index (Phi) is 5.39. The summed E-state index contributed by atoms with van der Waals surface area (Å²) in [5, 5.41) is 3.27. The van der Waals surface area contributed by atoms with Gasteiger partial charge in [-0.15, -0.1) is 0 Å². The van der Waals surface area contributed by atoms with E-state index in [1.807, 2.05) is 30.5 Å². The van der Waals surface area contributed by atoms with Crippen LogP contribution in [-0.4, -0.2) is 57.6 Å². The Morgan fingerprint density at radius 2 is 1.61 bits per heavy atom. The molecule has 0 bridgehead atoms. The minimum absolute atomic E-state index is 0.227. The van der Waals surface area contributed by atoms with Crippen LogP contribution in [0.5, 0.6) is 0 Å². The molecule has 4 aromatic rings. The molecule has 9 heteroatoms. The quantitative estimate of drug-likeness (QED) is 0.465. The van der Waals surface area contributed by atoms with Crippen LogP contribution in [0.15, 0.2) is 59.8 Å². The third kappa shape index (κ3) is 4.22. The molecule has 1 saturated heterocycles. The first-order chi connectivity index (χ1) is 16.0. The lowest BCUT2D eigenvalue weighted by Gasteiger charge is -2.34. The van der Waals surface area contributed by atoms with Crippen molar-refractivity contribution < 1.29 is 0 Å². The summed E-state index contributed by atoms with van der Waals surface area (Å²) in [6, 6.07) is 11.0. The molecule has 4 heterocycles. The summed E-state index contributed by atoms with van der Waals surface area (Å²) in [6.07, 6.45) is 4.86. The molecule has 1 aliphatic rings. The number of nitrogens with two attached hydrogens (primary N) is 1. The Labute approximate surface area is 191 Å². The van der Waals surface area contributed by atoms with Crippen LogP contribution in [0.4, 0.5) is 23.0 Å². The van der Waals surface area contributed by atoms with Gasteiger partial charge < -0.3 is 20.9 Å². The van der Waals surface area contributed by atoms with Gasteiger partial charge in [0.15, 0.2) is 0 Å². The lowest BCUT2D eigenvalue weighted by atomic mass is 10.2. The zero-order chi connectivity index (χ0) is 22.9. The van der Waals surface area contributed by atoms with Gasteiger partial charge in [0.1, 0.15) is 17.2 Å². The number of fused-ring (bicyclic) bond motifs is 1. The number of likely N-dealkylation sites (N-methyl/N-ethyl adjacent to an activating group) is 1. The minimum Gasteiger partial charge on any atom is -0.399 e. The second kappa shape index (κ2) is 8.51. The molecule has 0 spiro atoms. The summed E-state index contributed by atoms with van der Waals surface area (Å²) < 4.78 is 1.60. The first kappa shape index (κ1) is 20.9. The van der Waals surface area contributed by atoms with E-state index in [-0.39, 0.29) is 5.56 Å². The molecule has 33 heavy (non-hydrogen) atoms. The van der Waals surface area contributed by atoms with E-state index in [4.69, 9.17) is 5.73 Å². The second-order valence-electron chi connectivity index (χ2n) is 8.35. The van der Waals surface area contributed by atoms with Crippen molar-refractivity contribution in [2.45, 2.75) is 6.92 Å². The van der Waals surface area contributed by atoms with Crippen molar-refractivity contribution >= 4 is 34.0 Å². The lowest BCUT2D eigenvalue weighted by Crippen LogP contribution is -2.44. The van der Waals surface area contributed by atoms with Gasteiger partial charge in [-0.25, -0.2) is 15.0 Å². The van der Waals surface area contributed by atoms with E-state index in [0.29, 0.717) is 34.0 Å². The molecular formula is C24H26N8O. The van der Waals surface area contributed by atoms with Crippen LogP contribution in [0.25, 0.3) is 16.7 Å². The van der Waals surface area contributed by atoms with Crippen molar-refractivity contribution in [3.05, 3.63) is 70.9 Å². The van der Waals surface area contributed by atoms with Gasteiger partial charge in [-0.3, -0.25) is 9.36 Å². The zero-order valence-corrected chi connectivity index (χ0v) is 18.7. The molecule has 0 saturated carbocycles. The molecule has 3 aromatic heterocycles. The number of rotatable bonds is 4. The topological polar surface area (TPSA) is 105 Å². The van der Waals surface area contributed by atoms with Gasteiger partial charge in [0.25, 0.3) is 5.56 Å². The summed E-state index contributed by atoms with van der Waals surface area (Å²) in [5.74, 6) is 1.28. The van der Waals surface area contributed by atoms with E-state index in [0.717, 1.165) is 37.4 Å². The Morgan fingerprint density at radius 1 is 0.909 bits per heavy atom. The van der Waals surface area contributed by atoms with Crippen LogP contribution in [0.2, 0.25) is 0 Å². The highest BCUT2D eigenvalue weighted by atomic mass is 16.1. The van der Waals surface area contributed by atoms with E-state index in [2.05, 4.69) is 44.0 Å². The van der Waals surface area contributed by atoms with Crippen molar-refractivity contribution in [2.24, 2.45) is 0 Å². The fraction of sp³-hybridized carbons (Fsp3) is 0.250. The first-order valence-electron chi connectivity index (χ1n) is 10.9. The highest BCUT2D eigenvalue weighted by Gasteiger charge is 2.17. The molecule has 1 aliphatic heterocycles. The molecule has 0 atom stereocenters. The number of pyridine rings is 2. The molecule has 1 aromatic carbocycles. The molecule has 0 radical (unpaired) electrons. The number of nitrogens with zero attached hydrogens (tertiary/aromatic N) is 6. The van der Waals surface area contributed by atoms with E-state index >= 15 is 0 Å². The number of anilines is 4. The normalized spacial score (nSPS) is 14.5.